The summed E-state index contributed by atoms with van der Waals surface area (Å²) >= 11 is 0. The number of rotatable bonds is 7. The van der Waals surface area contributed by atoms with Gasteiger partial charge in [-0.25, -0.2) is 8.42 Å². The van der Waals surface area contributed by atoms with Gasteiger partial charge in [-0.2, -0.15) is 4.31 Å². The molecule has 10 heteroatoms. The monoisotopic (exact) mass is 433 g/mol. The minimum absolute atomic E-state index is 0.0622. The molecular formula is C20H23N3O6S. The van der Waals surface area contributed by atoms with Gasteiger partial charge in [-0.3, -0.25) is 14.9 Å². The highest BCUT2D eigenvalue weighted by Gasteiger charge is 2.26. The number of sulfonamides is 1. The lowest BCUT2D eigenvalue weighted by molar-refractivity contribution is -0.385. The summed E-state index contributed by atoms with van der Waals surface area (Å²) in [5.41, 5.74) is 0.420. The number of benzene rings is 2. The second-order valence-electron chi connectivity index (χ2n) is 6.94. The average molecular weight is 433 g/mol. The van der Waals surface area contributed by atoms with Crippen molar-refractivity contribution in [3.63, 3.8) is 0 Å². The molecule has 0 saturated carbocycles. The standard InChI is InChI=1S/C20H23N3O6S/c1-29-19-9-8-16(13-18(19)23(25)26)20(24)21-14-15-6-5-7-17(12-15)30(27,28)22-10-3-2-4-11-22/h5-9,12-13H,2-4,10-11,14H2,1H3,(H,21,24). The van der Waals surface area contributed by atoms with Crippen LogP contribution in [0.1, 0.15) is 35.2 Å². The van der Waals surface area contributed by atoms with Crippen LogP contribution in [0, 0.1) is 10.1 Å². The summed E-state index contributed by atoms with van der Waals surface area (Å²) in [6.07, 6.45) is 2.73. The van der Waals surface area contributed by atoms with Crippen LogP contribution in [0.3, 0.4) is 0 Å². The fourth-order valence-electron chi connectivity index (χ4n) is 3.33. The summed E-state index contributed by atoms with van der Waals surface area (Å²) in [7, 11) is -2.25. The Labute approximate surface area is 174 Å². The van der Waals surface area contributed by atoms with Crippen LogP contribution in [0.25, 0.3) is 0 Å². The molecule has 1 aliphatic rings. The topological polar surface area (TPSA) is 119 Å². The van der Waals surface area contributed by atoms with Gasteiger partial charge in [-0.1, -0.05) is 18.6 Å². The number of nitro groups is 1. The van der Waals surface area contributed by atoms with E-state index in [0.717, 1.165) is 25.3 Å². The Bertz CT molecular complexity index is 1050. The molecule has 1 saturated heterocycles. The summed E-state index contributed by atoms with van der Waals surface area (Å²) in [6.45, 7) is 1.11. The van der Waals surface area contributed by atoms with Gasteiger partial charge < -0.3 is 10.1 Å². The number of nitrogens with zero attached hydrogens (tertiary/aromatic N) is 2. The molecule has 1 N–H and O–H groups in total. The Kier molecular flexibility index (Phi) is 6.68. The van der Waals surface area contributed by atoms with Crippen molar-refractivity contribution in [1.82, 2.24) is 9.62 Å². The molecule has 1 aliphatic heterocycles. The molecule has 9 nitrogen and oxygen atoms in total. The quantitative estimate of drug-likeness (QED) is 0.530. The molecule has 1 fully saturated rings. The first-order valence-corrected chi connectivity index (χ1v) is 11.0. The van der Waals surface area contributed by atoms with Gasteiger partial charge in [0, 0.05) is 31.3 Å². The number of carbonyl (C=O) groups excluding carboxylic acids is 1. The average Bonchev–Trinajstić information content (AvgIpc) is 2.77. The number of carbonyl (C=O) groups is 1. The van der Waals surface area contributed by atoms with E-state index in [2.05, 4.69) is 5.32 Å². The number of hydrogen-bond acceptors (Lipinski definition) is 6. The van der Waals surface area contributed by atoms with Crippen molar-refractivity contribution in [3.8, 4) is 5.75 Å². The number of piperidine rings is 1. The Hall–Kier alpha value is -2.98. The number of nitro benzene ring substituents is 1. The number of hydrogen-bond donors (Lipinski definition) is 1. The second kappa shape index (κ2) is 9.23. The predicted molar refractivity (Wildman–Crippen MR) is 110 cm³/mol. The molecule has 0 spiro atoms. The van der Waals surface area contributed by atoms with Crippen LogP contribution < -0.4 is 10.1 Å². The van der Waals surface area contributed by atoms with Crippen LogP contribution in [0.4, 0.5) is 5.69 Å². The van der Waals surface area contributed by atoms with Gasteiger partial charge in [0.25, 0.3) is 5.91 Å². The van der Waals surface area contributed by atoms with Crippen molar-refractivity contribution in [2.75, 3.05) is 20.2 Å². The first-order chi connectivity index (χ1) is 14.3. The van der Waals surface area contributed by atoms with Gasteiger partial charge in [0.2, 0.25) is 10.0 Å². The van der Waals surface area contributed by atoms with Crippen LogP contribution in [0.2, 0.25) is 0 Å². The minimum atomic E-state index is -3.57. The summed E-state index contributed by atoms with van der Waals surface area (Å²) < 4.78 is 32.1. The molecule has 0 radical (unpaired) electrons. The second-order valence-corrected chi connectivity index (χ2v) is 8.88. The van der Waals surface area contributed by atoms with Crippen molar-refractivity contribution < 1.29 is 22.9 Å². The van der Waals surface area contributed by atoms with Crippen molar-refractivity contribution >= 4 is 21.6 Å². The first kappa shape index (κ1) is 21.7. The molecule has 2 aromatic rings. The Morgan fingerprint density at radius 3 is 2.57 bits per heavy atom. The van der Waals surface area contributed by atoms with E-state index in [-0.39, 0.29) is 28.4 Å². The van der Waals surface area contributed by atoms with Crippen molar-refractivity contribution in [2.45, 2.75) is 30.7 Å². The van der Waals surface area contributed by atoms with Crippen molar-refractivity contribution in [1.29, 1.82) is 0 Å². The molecule has 0 aromatic heterocycles. The number of amides is 1. The Balaban J connectivity index is 1.72. The van der Waals surface area contributed by atoms with Gasteiger partial charge in [-0.15, -0.1) is 0 Å². The molecule has 0 atom stereocenters. The third-order valence-electron chi connectivity index (χ3n) is 4.94. The molecule has 2 aromatic carbocycles. The van der Waals surface area contributed by atoms with Crippen LogP contribution in [-0.2, 0) is 16.6 Å². The molecule has 0 aliphatic carbocycles. The fraction of sp³-hybridized carbons (Fsp3) is 0.350. The third kappa shape index (κ3) is 4.77. The van der Waals surface area contributed by atoms with Gasteiger partial charge >= 0.3 is 5.69 Å². The Morgan fingerprint density at radius 2 is 1.90 bits per heavy atom. The lowest BCUT2D eigenvalue weighted by atomic mass is 10.1. The van der Waals surface area contributed by atoms with Crippen LogP contribution in [0.15, 0.2) is 47.4 Å². The number of methoxy groups -OCH3 is 1. The van der Waals surface area contributed by atoms with Crippen LogP contribution in [-0.4, -0.2) is 43.8 Å². The first-order valence-electron chi connectivity index (χ1n) is 9.52. The molecular weight excluding hydrogens is 410 g/mol. The third-order valence-corrected chi connectivity index (χ3v) is 6.84. The fourth-order valence-corrected chi connectivity index (χ4v) is 4.92. The van der Waals surface area contributed by atoms with E-state index in [4.69, 9.17) is 4.74 Å². The summed E-state index contributed by atoms with van der Waals surface area (Å²) in [5, 5.41) is 13.8. The van der Waals surface area contributed by atoms with E-state index < -0.39 is 20.9 Å². The number of ether oxygens (including phenoxy) is 1. The molecule has 30 heavy (non-hydrogen) atoms. The molecule has 0 unspecified atom stereocenters. The smallest absolute Gasteiger partial charge is 0.311 e. The highest BCUT2D eigenvalue weighted by molar-refractivity contribution is 7.89. The SMILES string of the molecule is COc1ccc(C(=O)NCc2cccc(S(=O)(=O)N3CCCCC3)c2)cc1[N+](=O)[O-]. The van der Waals surface area contributed by atoms with E-state index in [1.807, 2.05) is 0 Å². The van der Waals surface area contributed by atoms with Gasteiger partial charge in [0.15, 0.2) is 5.75 Å². The Morgan fingerprint density at radius 1 is 1.17 bits per heavy atom. The highest BCUT2D eigenvalue weighted by Crippen LogP contribution is 2.27. The normalized spacial score (nSPS) is 14.8. The van der Waals surface area contributed by atoms with Gasteiger partial charge in [0.05, 0.1) is 16.9 Å². The van der Waals surface area contributed by atoms with Crippen molar-refractivity contribution in [3.05, 3.63) is 63.7 Å². The number of nitrogens with one attached hydrogen (secondary N) is 1. The van der Waals surface area contributed by atoms with E-state index >= 15 is 0 Å². The van der Waals surface area contributed by atoms with E-state index in [1.165, 1.54) is 23.5 Å². The summed E-state index contributed by atoms with van der Waals surface area (Å²) in [5.74, 6) is -0.447. The van der Waals surface area contributed by atoms with Crippen molar-refractivity contribution in [2.24, 2.45) is 0 Å². The van der Waals surface area contributed by atoms with Gasteiger partial charge in [0.1, 0.15) is 0 Å². The lowest BCUT2D eigenvalue weighted by Crippen LogP contribution is -2.35. The maximum absolute atomic E-state index is 12.8. The lowest BCUT2D eigenvalue weighted by Gasteiger charge is -2.26. The highest BCUT2D eigenvalue weighted by atomic mass is 32.2. The predicted octanol–water partition coefficient (Wildman–Crippen LogP) is 2.71. The largest absolute Gasteiger partial charge is 0.490 e. The molecule has 3 rings (SSSR count). The molecule has 1 amide bonds. The summed E-state index contributed by atoms with van der Waals surface area (Å²) in [4.78, 5) is 23.1. The summed E-state index contributed by atoms with van der Waals surface area (Å²) in [6, 6.07) is 10.4. The van der Waals surface area contributed by atoms with E-state index in [1.54, 1.807) is 24.3 Å². The zero-order valence-electron chi connectivity index (χ0n) is 16.5. The molecule has 0 bridgehead atoms. The van der Waals surface area contributed by atoms with Gasteiger partial charge in [-0.05, 0) is 42.7 Å². The zero-order chi connectivity index (χ0) is 21.7. The van der Waals surface area contributed by atoms with Crippen LogP contribution >= 0.6 is 0 Å². The van der Waals surface area contributed by atoms with E-state index in [9.17, 15) is 23.3 Å². The maximum Gasteiger partial charge on any atom is 0.311 e. The molecule has 160 valence electrons. The molecule has 1 heterocycles. The minimum Gasteiger partial charge on any atom is -0.490 e. The van der Waals surface area contributed by atoms with Crippen LogP contribution in [0.5, 0.6) is 5.75 Å². The van der Waals surface area contributed by atoms with E-state index in [0.29, 0.717) is 18.7 Å². The zero-order valence-corrected chi connectivity index (χ0v) is 17.4. The maximum atomic E-state index is 12.8.